The fourth-order valence-electron chi connectivity index (χ4n) is 1.30. The molecular formula is C11H13F3N2O2. The van der Waals surface area contributed by atoms with Crippen LogP contribution in [0.5, 0.6) is 5.75 Å². The lowest BCUT2D eigenvalue weighted by Gasteiger charge is -2.10. The number of carbonyl (C=O) groups is 1. The first kappa shape index (κ1) is 14.3. The van der Waals surface area contributed by atoms with Gasteiger partial charge in [0.15, 0.2) is 0 Å². The Hall–Kier alpha value is -1.76. The van der Waals surface area contributed by atoms with E-state index in [-0.39, 0.29) is 5.75 Å². The maximum Gasteiger partial charge on any atom is 0.401 e. The van der Waals surface area contributed by atoms with Crippen LogP contribution in [-0.4, -0.2) is 30.3 Å². The number of hydrogen-bond donors (Lipinski definition) is 3. The molecule has 0 heterocycles. The van der Waals surface area contributed by atoms with Crippen molar-refractivity contribution in [1.29, 1.82) is 0 Å². The quantitative estimate of drug-likeness (QED) is 0.725. The molecule has 0 aliphatic rings. The van der Waals surface area contributed by atoms with E-state index in [1.807, 2.05) is 5.32 Å². The van der Waals surface area contributed by atoms with E-state index in [0.29, 0.717) is 11.3 Å². The predicted molar refractivity (Wildman–Crippen MR) is 60.4 cm³/mol. The Labute approximate surface area is 102 Å². The fourth-order valence-corrected chi connectivity index (χ4v) is 1.30. The number of halogens is 3. The first-order valence-electron chi connectivity index (χ1n) is 5.15. The smallest absolute Gasteiger partial charge is 0.401 e. The molecule has 0 spiro atoms. The summed E-state index contributed by atoms with van der Waals surface area (Å²) in [6, 6.07) is 4.30. The average molecular weight is 262 g/mol. The van der Waals surface area contributed by atoms with Gasteiger partial charge in [-0.3, -0.25) is 4.79 Å². The Kier molecular flexibility index (Phi) is 4.55. The van der Waals surface area contributed by atoms with Gasteiger partial charge < -0.3 is 15.7 Å². The van der Waals surface area contributed by atoms with Crippen LogP contribution in [0.4, 0.5) is 18.9 Å². The summed E-state index contributed by atoms with van der Waals surface area (Å²) in [6.07, 6.45) is -4.34. The molecule has 4 nitrogen and oxygen atoms in total. The summed E-state index contributed by atoms with van der Waals surface area (Å²) in [5.74, 6) is -0.520. The van der Waals surface area contributed by atoms with Crippen LogP contribution in [0, 0.1) is 6.92 Å². The number of hydrogen-bond acceptors (Lipinski definition) is 3. The molecule has 100 valence electrons. The van der Waals surface area contributed by atoms with Gasteiger partial charge in [0.25, 0.3) is 0 Å². The zero-order chi connectivity index (χ0) is 13.8. The standard InChI is InChI=1S/C11H13F3N2O2/c1-7-4-8(17)2-3-9(7)16-10(18)5-15-6-11(12,13)14/h2-4,15,17H,5-6H2,1H3,(H,16,18). The lowest BCUT2D eigenvalue weighted by molar-refractivity contribution is -0.126. The molecule has 1 aromatic rings. The molecule has 0 aliphatic heterocycles. The SMILES string of the molecule is Cc1cc(O)ccc1NC(=O)CNCC(F)(F)F. The minimum atomic E-state index is -4.34. The Morgan fingerprint density at radius 1 is 1.39 bits per heavy atom. The summed E-state index contributed by atoms with van der Waals surface area (Å²) in [5, 5.41) is 13.6. The molecule has 1 amide bonds. The third-order valence-corrected chi connectivity index (χ3v) is 2.10. The maximum atomic E-state index is 11.8. The van der Waals surface area contributed by atoms with E-state index in [1.165, 1.54) is 18.2 Å². The molecule has 0 atom stereocenters. The molecule has 3 N–H and O–H groups in total. The van der Waals surface area contributed by atoms with Crippen molar-refractivity contribution in [3.8, 4) is 5.75 Å². The first-order valence-corrected chi connectivity index (χ1v) is 5.15. The third kappa shape index (κ3) is 5.05. The van der Waals surface area contributed by atoms with E-state index < -0.39 is 25.2 Å². The van der Waals surface area contributed by atoms with Gasteiger partial charge in [0, 0.05) is 5.69 Å². The average Bonchev–Trinajstić information content (AvgIpc) is 2.20. The van der Waals surface area contributed by atoms with Crippen molar-refractivity contribution in [2.45, 2.75) is 13.1 Å². The molecular weight excluding hydrogens is 249 g/mol. The normalized spacial score (nSPS) is 11.3. The first-order chi connectivity index (χ1) is 8.28. The third-order valence-electron chi connectivity index (χ3n) is 2.10. The minimum Gasteiger partial charge on any atom is -0.508 e. The van der Waals surface area contributed by atoms with Crippen molar-refractivity contribution < 1.29 is 23.1 Å². The molecule has 0 saturated carbocycles. The molecule has 1 aromatic carbocycles. The summed E-state index contributed by atoms with van der Waals surface area (Å²) in [7, 11) is 0. The number of phenols is 1. The van der Waals surface area contributed by atoms with Crippen LogP contribution >= 0.6 is 0 Å². The number of carbonyl (C=O) groups excluding carboxylic acids is 1. The fraction of sp³-hybridized carbons (Fsp3) is 0.364. The number of benzene rings is 1. The van der Waals surface area contributed by atoms with Gasteiger partial charge in [-0.15, -0.1) is 0 Å². The largest absolute Gasteiger partial charge is 0.508 e. The van der Waals surface area contributed by atoms with Gasteiger partial charge in [-0.25, -0.2) is 0 Å². The zero-order valence-electron chi connectivity index (χ0n) is 9.64. The molecule has 0 aliphatic carbocycles. The highest BCUT2D eigenvalue weighted by molar-refractivity contribution is 5.93. The molecule has 1 rings (SSSR count). The molecule has 0 bridgehead atoms. The van der Waals surface area contributed by atoms with Crippen LogP contribution in [0.3, 0.4) is 0 Å². The molecule has 0 radical (unpaired) electrons. The van der Waals surface area contributed by atoms with E-state index in [0.717, 1.165) is 0 Å². The number of alkyl halides is 3. The van der Waals surface area contributed by atoms with Crippen LogP contribution in [0.2, 0.25) is 0 Å². The highest BCUT2D eigenvalue weighted by atomic mass is 19.4. The molecule has 0 unspecified atom stereocenters. The lowest BCUT2D eigenvalue weighted by atomic mass is 10.2. The molecule has 0 saturated heterocycles. The van der Waals surface area contributed by atoms with Gasteiger partial charge in [-0.05, 0) is 30.7 Å². The Morgan fingerprint density at radius 2 is 2.06 bits per heavy atom. The monoisotopic (exact) mass is 262 g/mol. The van der Waals surface area contributed by atoms with Crippen molar-refractivity contribution in [3.05, 3.63) is 23.8 Å². The van der Waals surface area contributed by atoms with E-state index in [4.69, 9.17) is 5.11 Å². The Bertz CT molecular complexity index is 433. The second kappa shape index (κ2) is 5.72. The molecule has 7 heteroatoms. The van der Waals surface area contributed by atoms with Crippen LogP contribution in [-0.2, 0) is 4.79 Å². The summed E-state index contributed by atoms with van der Waals surface area (Å²) in [5.41, 5.74) is 1.07. The van der Waals surface area contributed by atoms with Gasteiger partial charge in [0.2, 0.25) is 5.91 Å². The van der Waals surface area contributed by atoms with Gasteiger partial charge in [-0.2, -0.15) is 13.2 Å². The number of phenolic OH excluding ortho intramolecular Hbond substituents is 1. The predicted octanol–water partition coefficient (Wildman–Crippen LogP) is 1.79. The molecule has 0 fully saturated rings. The lowest BCUT2D eigenvalue weighted by Crippen LogP contribution is -2.35. The van der Waals surface area contributed by atoms with Gasteiger partial charge >= 0.3 is 6.18 Å². The minimum absolute atomic E-state index is 0.0562. The van der Waals surface area contributed by atoms with Crippen molar-refractivity contribution in [1.82, 2.24) is 5.32 Å². The number of aryl methyl sites for hydroxylation is 1. The van der Waals surface area contributed by atoms with E-state index in [2.05, 4.69) is 5.32 Å². The van der Waals surface area contributed by atoms with Gasteiger partial charge in [0.05, 0.1) is 13.1 Å². The van der Waals surface area contributed by atoms with Gasteiger partial charge in [-0.1, -0.05) is 0 Å². The second-order valence-electron chi connectivity index (χ2n) is 3.77. The molecule has 0 aromatic heterocycles. The summed E-state index contributed by atoms with van der Waals surface area (Å²) in [6.45, 7) is 0.0211. The van der Waals surface area contributed by atoms with Crippen molar-refractivity contribution in [3.63, 3.8) is 0 Å². The van der Waals surface area contributed by atoms with Crippen LogP contribution in [0.15, 0.2) is 18.2 Å². The van der Waals surface area contributed by atoms with Crippen LogP contribution in [0.1, 0.15) is 5.56 Å². The Balaban J connectivity index is 2.45. The highest BCUT2D eigenvalue weighted by Crippen LogP contribution is 2.19. The van der Waals surface area contributed by atoms with E-state index in [1.54, 1.807) is 6.92 Å². The number of nitrogens with one attached hydrogen (secondary N) is 2. The number of rotatable bonds is 4. The number of anilines is 1. The number of aromatic hydroxyl groups is 1. The summed E-state index contributed by atoms with van der Waals surface area (Å²) < 4.78 is 35.5. The highest BCUT2D eigenvalue weighted by Gasteiger charge is 2.26. The summed E-state index contributed by atoms with van der Waals surface area (Å²) >= 11 is 0. The Morgan fingerprint density at radius 3 is 2.61 bits per heavy atom. The molecule has 18 heavy (non-hydrogen) atoms. The van der Waals surface area contributed by atoms with Crippen molar-refractivity contribution in [2.24, 2.45) is 0 Å². The van der Waals surface area contributed by atoms with Crippen molar-refractivity contribution >= 4 is 11.6 Å². The van der Waals surface area contributed by atoms with Crippen LogP contribution < -0.4 is 10.6 Å². The summed E-state index contributed by atoms with van der Waals surface area (Å²) in [4.78, 5) is 11.3. The van der Waals surface area contributed by atoms with Gasteiger partial charge in [0.1, 0.15) is 5.75 Å². The maximum absolute atomic E-state index is 11.8. The van der Waals surface area contributed by atoms with E-state index >= 15 is 0 Å². The topological polar surface area (TPSA) is 61.4 Å². The zero-order valence-corrected chi connectivity index (χ0v) is 9.64. The van der Waals surface area contributed by atoms with E-state index in [9.17, 15) is 18.0 Å². The second-order valence-corrected chi connectivity index (χ2v) is 3.77. The number of amides is 1. The van der Waals surface area contributed by atoms with Crippen LogP contribution in [0.25, 0.3) is 0 Å². The van der Waals surface area contributed by atoms with Crippen molar-refractivity contribution in [2.75, 3.05) is 18.4 Å².